The Morgan fingerprint density at radius 2 is 1.95 bits per heavy atom. The molecule has 0 aliphatic carbocycles. The number of aryl methyl sites for hydroxylation is 2. The molecule has 2 aromatic rings. The van der Waals surface area contributed by atoms with Gasteiger partial charge in [0.2, 0.25) is 0 Å². The fourth-order valence-corrected chi connectivity index (χ4v) is 2.65. The number of rotatable bonds is 2. The molecule has 0 bridgehead atoms. The standard InChI is InChI=1S/C15H14BrFN2O/c1-8-5-12(16)14(13(18)6-8)19-15(20)11-4-3-10(17)7-9(11)2/h3-7H,18H2,1-2H3,(H,19,20). The fourth-order valence-electron chi connectivity index (χ4n) is 1.96. The Bertz CT molecular complexity index is 663. The summed E-state index contributed by atoms with van der Waals surface area (Å²) in [4.78, 5) is 12.2. The molecule has 2 aromatic carbocycles. The first kappa shape index (κ1) is 14.5. The molecule has 0 heterocycles. The van der Waals surface area contributed by atoms with E-state index in [9.17, 15) is 9.18 Å². The van der Waals surface area contributed by atoms with E-state index >= 15 is 0 Å². The SMILES string of the molecule is Cc1cc(N)c(NC(=O)c2ccc(F)cc2C)c(Br)c1. The van der Waals surface area contributed by atoms with Gasteiger partial charge in [0.25, 0.3) is 5.91 Å². The van der Waals surface area contributed by atoms with E-state index < -0.39 is 0 Å². The van der Waals surface area contributed by atoms with Crippen LogP contribution in [0.1, 0.15) is 21.5 Å². The van der Waals surface area contributed by atoms with Crippen LogP contribution in [0.4, 0.5) is 15.8 Å². The summed E-state index contributed by atoms with van der Waals surface area (Å²) in [5, 5.41) is 2.75. The summed E-state index contributed by atoms with van der Waals surface area (Å²) in [6.45, 7) is 3.60. The van der Waals surface area contributed by atoms with Crippen LogP contribution >= 0.6 is 15.9 Å². The summed E-state index contributed by atoms with van der Waals surface area (Å²) in [5.41, 5.74) is 8.88. The van der Waals surface area contributed by atoms with Gasteiger partial charge in [-0.05, 0) is 71.2 Å². The van der Waals surface area contributed by atoms with Crippen molar-refractivity contribution in [3.63, 3.8) is 0 Å². The third-order valence-corrected chi connectivity index (χ3v) is 3.56. The van der Waals surface area contributed by atoms with Crippen molar-refractivity contribution in [2.24, 2.45) is 0 Å². The molecule has 0 saturated carbocycles. The van der Waals surface area contributed by atoms with Gasteiger partial charge in [0.05, 0.1) is 11.4 Å². The molecule has 3 N–H and O–H groups in total. The molecule has 0 radical (unpaired) electrons. The van der Waals surface area contributed by atoms with Crippen molar-refractivity contribution in [2.45, 2.75) is 13.8 Å². The maximum Gasteiger partial charge on any atom is 0.256 e. The van der Waals surface area contributed by atoms with Crippen molar-refractivity contribution < 1.29 is 9.18 Å². The number of halogens is 2. The monoisotopic (exact) mass is 336 g/mol. The van der Waals surface area contributed by atoms with Crippen LogP contribution in [0, 0.1) is 19.7 Å². The molecule has 5 heteroatoms. The number of nitrogens with one attached hydrogen (secondary N) is 1. The molecule has 0 unspecified atom stereocenters. The van der Waals surface area contributed by atoms with Crippen molar-refractivity contribution in [1.29, 1.82) is 0 Å². The predicted octanol–water partition coefficient (Wildman–Crippen LogP) is 4.04. The number of carbonyl (C=O) groups is 1. The molecule has 0 aromatic heterocycles. The summed E-state index contributed by atoms with van der Waals surface area (Å²) in [7, 11) is 0. The summed E-state index contributed by atoms with van der Waals surface area (Å²) in [6, 6.07) is 7.68. The molecule has 0 atom stereocenters. The van der Waals surface area contributed by atoms with Crippen LogP contribution in [0.2, 0.25) is 0 Å². The Morgan fingerprint density at radius 1 is 1.25 bits per heavy atom. The second-order valence-electron chi connectivity index (χ2n) is 4.62. The number of nitrogens with two attached hydrogens (primary N) is 1. The molecule has 0 aliphatic rings. The smallest absolute Gasteiger partial charge is 0.256 e. The predicted molar refractivity (Wildman–Crippen MR) is 82.4 cm³/mol. The van der Waals surface area contributed by atoms with Gasteiger partial charge in [0.15, 0.2) is 0 Å². The highest BCUT2D eigenvalue weighted by atomic mass is 79.9. The fraction of sp³-hybridized carbons (Fsp3) is 0.133. The Kier molecular flexibility index (Phi) is 4.09. The van der Waals surface area contributed by atoms with Crippen LogP contribution in [-0.2, 0) is 0 Å². The van der Waals surface area contributed by atoms with Crippen LogP contribution in [-0.4, -0.2) is 5.91 Å². The van der Waals surface area contributed by atoms with E-state index in [1.54, 1.807) is 13.0 Å². The zero-order valence-electron chi connectivity index (χ0n) is 11.1. The molecule has 0 saturated heterocycles. The number of anilines is 2. The van der Waals surface area contributed by atoms with Gasteiger partial charge in [-0.25, -0.2) is 4.39 Å². The Morgan fingerprint density at radius 3 is 2.55 bits per heavy atom. The second-order valence-corrected chi connectivity index (χ2v) is 5.48. The van der Waals surface area contributed by atoms with Crippen LogP contribution in [0.15, 0.2) is 34.8 Å². The van der Waals surface area contributed by atoms with Gasteiger partial charge < -0.3 is 11.1 Å². The lowest BCUT2D eigenvalue weighted by Gasteiger charge is -2.12. The Balaban J connectivity index is 2.33. The minimum Gasteiger partial charge on any atom is -0.397 e. The van der Waals surface area contributed by atoms with Gasteiger partial charge >= 0.3 is 0 Å². The van der Waals surface area contributed by atoms with Crippen LogP contribution in [0.25, 0.3) is 0 Å². The van der Waals surface area contributed by atoms with E-state index in [0.29, 0.717) is 27.0 Å². The van der Waals surface area contributed by atoms with Gasteiger partial charge in [-0.2, -0.15) is 0 Å². The lowest BCUT2D eigenvalue weighted by molar-refractivity contribution is 0.102. The number of nitrogen functional groups attached to an aromatic ring is 1. The quantitative estimate of drug-likeness (QED) is 0.813. The highest BCUT2D eigenvalue weighted by Crippen LogP contribution is 2.30. The normalized spacial score (nSPS) is 10.4. The van der Waals surface area contributed by atoms with Crippen molar-refractivity contribution in [3.05, 3.63) is 57.3 Å². The summed E-state index contributed by atoms with van der Waals surface area (Å²) in [6.07, 6.45) is 0. The Hall–Kier alpha value is -1.88. The average Bonchev–Trinajstić information content (AvgIpc) is 2.33. The highest BCUT2D eigenvalue weighted by Gasteiger charge is 2.13. The molecular formula is C15H14BrFN2O. The number of carbonyl (C=O) groups excluding carboxylic acids is 1. The van der Waals surface area contributed by atoms with Gasteiger partial charge in [-0.15, -0.1) is 0 Å². The van der Waals surface area contributed by atoms with Gasteiger partial charge in [-0.1, -0.05) is 0 Å². The van der Waals surface area contributed by atoms with Gasteiger partial charge in [0.1, 0.15) is 5.82 Å². The summed E-state index contributed by atoms with van der Waals surface area (Å²) >= 11 is 3.37. The van der Waals surface area contributed by atoms with Crippen LogP contribution in [0.3, 0.4) is 0 Å². The number of hydrogen-bond donors (Lipinski definition) is 2. The van der Waals surface area contributed by atoms with Crippen LogP contribution < -0.4 is 11.1 Å². The van der Waals surface area contributed by atoms with Crippen molar-refractivity contribution >= 4 is 33.2 Å². The third kappa shape index (κ3) is 2.99. The van der Waals surface area contributed by atoms with Crippen LogP contribution in [0.5, 0.6) is 0 Å². The molecule has 0 fully saturated rings. The highest BCUT2D eigenvalue weighted by molar-refractivity contribution is 9.10. The van der Waals surface area contributed by atoms with E-state index in [1.807, 2.05) is 13.0 Å². The van der Waals surface area contributed by atoms with E-state index in [2.05, 4.69) is 21.2 Å². The van der Waals surface area contributed by atoms with E-state index in [-0.39, 0.29) is 11.7 Å². The molecule has 3 nitrogen and oxygen atoms in total. The largest absolute Gasteiger partial charge is 0.397 e. The number of hydrogen-bond acceptors (Lipinski definition) is 2. The lowest BCUT2D eigenvalue weighted by Crippen LogP contribution is -2.15. The van der Waals surface area contributed by atoms with Gasteiger partial charge in [-0.3, -0.25) is 4.79 Å². The molecule has 104 valence electrons. The third-order valence-electron chi connectivity index (χ3n) is 2.94. The lowest BCUT2D eigenvalue weighted by atomic mass is 10.1. The van der Waals surface area contributed by atoms with Crippen molar-refractivity contribution in [3.8, 4) is 0 Å². The van der Waals surface area contributed by atoms with E-state index in [1.165, 1.54) is 18.2 Å². The van der Waals surface area contributed by atoms with Crippen molar-refractivity contribution in [1.82, 2.24) is 0 Å². The first-order valence-corrected chi connectivity index (χ1v) is 6.81. The van der Waals surface area contributed by atoms with E-state index in [0.717, 1.165) is 5.56 Å². The molecule has 1 amide bonds. The minimum atomic E-state index is -0.366. The zero-order chi connectivity index (χ0) is 14.9. The molecule has 20 heavy (non-hydrogen) atoms. The first-order valence-electron chi connectivity index (χ1n) is 6.01. The summed E-state index contributed by atoms with van der Waals surface area (Å²) < 4.78 is 13.8. The minimum absolute atomic E-state index is 0.321. The Labute approximate surface area is 125 Å². The molecule has 0 spiro atoms. The second kappa shape index (κ2) is 5.63. The molecular weight excluding hydrogens is 323 g/mol. The zero-order valence-corrected chi connectivity index (χ0v) is 12.7. The van der Waals surface area contributed by atoms with E-state index in [4.69, 9.17) is 5.73 Å². The average molecular weight is 337 g/mol. The number of amides is 1. The molecule has 0 aliphatic heterocycles. The maximum absolute atomic E-state index is 13.1. The molecule has 2 rings (SSSR count). The maximum atomic E-state index is 13.1. The summed E-state index contributed by atoms with van der Waals surface area (Å²) in [5.74, 6) is -0.686. The van der Waals surface area contributed by atoms with Gasteiger partial charge in [0, 0.05) is 10.0 Å². The van der Waals surface area contributed by atoms with Crippen molar-refractivity contribution in [2.75, 3.05) is 11.1 Å². The first-order chi connectivity index (χ1) is 9.38. The number of benzene rings is 2. The topological polar surface area (TPSA) is 55.1 Å².